The summed E-state index contributed by atoms with van der Waals surface area (Å²) in [5, 5.41) is 32.1. The van der Waals surface area contributed by atoms with Crippen LogP contribution in [0.3, 0.4) is 0 Å². The van der Waals surface area contributed by atoms with E-state index in [0.29, 0.717) is 11.1 Å². The van der Waals surface area contributed by atoms with Gasteiger partial charge in [-0.2, -0.15) is 5.10 Å². The van der Waals surface area contributed by atoms with Gasteiger partial charge in [0.2, 0.25) is 0 Å². The molecule has 0 aliphatic heterocycles. The average Bonchev–Trinajstić information content (AvgIpc) is 2.49. The average molecular weight is 286 g/mol. The normalized spacial score (nSPS) is 12.2. The largest absolute Gasteiger partial charge is 0.508 e. The van der Waals surface area contributed by atoms with E-state index < -0.39 is 12.0 Å². The molecular weight excluding hydrogens is 272 g/mol. The number of aliphatic hydroxyl groups is 1. The predicted molar refractivity (Wildman–Crippen MR) is 76.9 cm³/mol. The number of nitrogens with one attached hydrogen (secondary N) is 1. The van der Waals surface area contributed by atoms with Crippen LogP contribution in [-0.4, -0.2) is 27.4 Å². The van der Waals surface area contributed by atoms with E-state index >= 15 is 0 Å². The zero-order valence-electron chi connectivity index (χ0n) is 11.0. The maximum atomic E-state index is 11.7. The summed E-state index contributed by atoms with van der Waals surface area (Å²) in [4.78, 5) is 11.7. The van der Waals surface area contributed by atoms with E-state index in [1.54, 1.807) is 30.3 Å². The van der Waals surface area contributed by atoms with Gasteiger partial charge in [-0.15, -0.1) is 0 Å². The molecule has 1 atom stereocenters. The van der Waals surface area contributed by atoms with Crippen LogP contribution in [0.15, 0.2) is 53.6 Å². The number of hydrazone groups is 1. The van der Waals surface area contributed by atoms with E-state index in [-0.39, 0.29) is 11.5 Å². The number of amides is 1. The Balaban J connectivity index is 1.99. The maximum absolute atomic E-state index is 11.7. The van der Waals surface area contributed by atoms with Crippen LogP contribution in [0.2, 0.25) is 0 Å². The Hall–Kier alpha value is -2.86. The number of hydrogen-bond donors (Lipinski definition) is 4. The first-order valence-corrected chi connectivity index (χ1v) is 6.16. The lowest BCUT2D eigenvalue weighted by Gasteiger charge is -2.08. The fourth-order valence-corrected chi connectivity index (χ4v) is 1.65. The second kappa shape index (κ2) is 6.53. The molecule has 2 aromatic rings. The number of carbonyl (C=O) groups excluding carboxylic acids is 1. The number of benzene rings is 2. The molecule has 21 heavy (non-hydrogen) atoms. The molecule has 0 saturated carbocycles. The van der Waals surface area contributed by atoms with Crippen molar-refractivity contribution in [3.05, 3.63) is 59.7 Å². The number of hydrogen-bond acceptors (Lipinski definition) is 5. The van der Waals surface area contributed by atoms with Crippen molar-refractivity contribution in [3.63, 3.8) is 0 Å². The van der Waals surface area contributed by atoms with Gasteiger partial charge in [-0.05, 0) is 17.7 Å². The molecule has 0 saturated heterocycles. The van der Waals surface area contributed by atoms with Crippen molar-refractivity contribution in [3.8, 4) is 11.5 Å². The van der Waals surface area contributed by atoms with Crippen molar-refractivity contribution < 1.29 is 20.1 Å². The minimum atomic E-state index is -1.32. The topological polar surface area (TPSA) is 102 Å². The summed E-state index contributed by atoms with van der Waals surface area (Å²) in [5.74, 6) is -0.930. The molecule has 0 unspecified atom stereocenters. The molecule has 108 valence electrons. The van der Waals surface area contributed by atoms with E-state index in [2.05, 4.69) is 10.5 Å². The molecule has 0 fully saturated rings. The van der Waals surface area contributed by atoms with Crippen molar-refractivity contribution in [2.24, 2.45) is 5.10 Å². The quantitative estimate of drug-likeness (QED) is 0.502. The highest BCUT2D eigenvalue weighted by molar-refractivity contribution is 5.86. The number of rotatable bonds is 4. The molecule has 0 aliphatic rings. The van der Waals surface area contributed by atoms with Crippen LogP contribution < -0.4 is 5.43 Å². The smallest absolute Gasteiger partial charge is 0.273 e. The Bertz CT molecular complexity index is 656. The summed E-state index contributed by atoms with van der Waals surface area (Å²) in [6.45, 7) is 0. The highest BCUT2D eigenvalue weighted by Gasteiger charge is 2.15. The molecule has 0 bridgehead atoms. The van der Waals surface area contributed by atoms with Crippen molar-refractivity contribution in [1.82, 2.24) is 5.43 Å². The number of nitrogens with zero attached hydrogens (tertiary/aromatic N) is 1. The van der Waals surface area contributed by atoms with Gasteiger partial charge >= 0.3 is 0 Å². The zero-order chi connectivity index (χ0) is 15.2. The van der Waals surface area contributed by atoms with Crippen molar-refractivity contribution in [1.29, 1.82) is 0 Å². The van der Waals surface area contributed by atoms with Crippen LogP contribution in [-0.2, 0) is 4.79 Å². The number of aliphatic hydroxyl groups excluding tert-OH is 1. The van der Waals surface area contributed by atoms with Gasteiger partial charge in [0.25, 0.3) is 5.91 Å². The fraction of sp³-hybridized carbons (Fsp3) is 0.0667. The van der Waals surface area contributed by atoms with Crippen LogP contribution in [0.1, 0.15) is 17.2 Å². The standard InChI is InChI=1S/C15H14N2O4/c18-12-7-6-11(13(19)8-12)9-16-17-15(21)14(20)10-4-2-1-3-5-10/h1-9,14,18-20H,(H,17,21)/b16-9-/t14-/m1/s1. The Morgan fingerprint density at radius 1 is 1.14 bits per heavy atom. The van der Waals surface area contributed by atoms with Gasteiger partial charge in [0.1, 0.15) is 11.5 Å². The van der Waals surface area contributed by atoms with Crippen LogP contribution in [0.5, 0.6) is 11.5 Å². The Morgan fingerprint density at radius 3 is 2.52 bits per heavy atom. The van der Waals surface area contributed by atoms with Crippen molar-refractivity contribution in [2.75, 3.05) is 0 Å². The SMILES string of the molecule is O=C(N/N=C\c1ccc(O)cc1O)[C@H](O)c1ccccc1. The van der Waals surface area contributed by atoms with E-state index in [9.17, 15) is 15.0 Å². The Morgan fingerprint density at radius 2 is 1.86 bits per heavy atom. The number of carbonyl (C=O) groups is 1. The van der Waals surface area contributed by atoms with E-state index in [1.807, 2.05) is 0 Å². The lowest BCUT2D eigenvalue weighted by Crippen LogP contribution is -2.25. The number of phenolic OH excluding ortho intramolecular Hbond substituents is 2. The van der Waals surface area contributed by atoms with Gasteiger partial charge in [0.15, 0.2) is 6.10 Å². The van der Waals surface area contributed by atoms with Crippen LogP contribution in [0.4, 0.5) is 0 Å². The maximum Gasteiger partial charge on any atom is 0.273 e. The molecule has 4 N–H and O–H groups in total. The predicted octanol–water partition coefficient (Wildman–Crippen LogP) is 1.28. The third-order valence-corrected chi connectivity index (χ3v) is 2.76. The van der Waals surface area contributed by atoms with Gasteiger partial charge in [-0.3, -0.25) is 4.79 Å². The summed E-state index contributed by atoms with van der Waals surface area (Å²) in [6.07, 6.45) is -0.110. The molecule has 0 heterocycles. The first-order valence-electron chi connectivity index (χ1n) is 6.16. The first-order chi connectivity index (χ1) is 10.1. The van der Waals surface area contributed by atoms with Crippen LogP contribution >= 0.6 is 0 Å². The molecule has 0 spiro atoms. The summed E-state index contributed by atoms with van der Waals surface area (Å²) >= 11 is 0. The van der Waals surface area contributed by atoms with Gasteiger partial charge in [-0.1, -0.05) is 30.3 Å². The molecule has 2 rings (SSSR count). The first kappa shape index (κ1) is 14.5. The fourth-order valence-electron chi connectivity index (χ4n) is 1.65. The van der Waals surface area contributed by atoms with Crippen molar-refractivity contribution >= 4 is 12.1 Å². The van der Waals surface area contributed by atoms with Gasteiger partial charge in [0, 0.05) is 11.6 Å². The van der Waals surface area contributed by atoms with Gasteiger partial charge in [-0.25, -0.2) is 5.43 Å². The highest BCUT2D eigenvalue weighted by atomic mass is 16.3. The van der Waals surface area contributed by atoms with E-state index in [4.69, 9.17) is 5.11 Å². The van der Waals surface area contributed by atoms with Crippen LogP contribution in [0.25, 0.3) is 0 Å². The minimum absolute atomic E-state index is 0.0758. The summed E-state index contributed by atoms with van der Waals surface area (Å²) in [7, 11) is 0. The molecule has 2 aromatic carbocycles. The summed E-state index contributed by atoms with van der Waals surface area (Å²) in [6, 6.07) is 12.4. The Labute approximate surface area is 121 Å². The molecule has 6 heteroatoms. The van der Waals surface area contributed by atoms with E-state index in [1.165, 1.54) is 18.3 Å². The lowest BCUT2D eigenvalue weighted by atomic mass is 10.1. The third-order valence-electron chi connectivity index (χ3n) is 2.76. The lowest BCUT2D eigenvalue weighted by molar-refractivity contribution is -0.129. The Kier molecular flexibility index (Phi) is 4.53. The third kappa shape index (κ3) is 3.80. The number of aromatic hydroxyl groups is 2. The summed E-state index contributed by atoms with van der Waals surface area (Å²) in [5.41, 5.74) is 2.96. The molecule has 1 amide bonds. The van der Waals surface area contributed by atoms with Crippen LogP contribution in [0, 0.1) is 0 Å². The molecule has 0 radical (unpaired) electrons. The van der Waals surface area contributed by atoms with E-state index in [0.717, 1.165) is 6.07 Å². The highest BCUT2D eigenvalue weighted by Crippen LogP contribution is 2.20. The molecule has 0 aliphatic carbocycles. The molecular formula is C15H14N2O4. The zero-order valence-corrected chi connectivity index (χ0v) is 11.0. The second-order valence-electron chi connectivity index (χ2n) is 4.29. The molecule has 0 aromatic heterocycles. The van der Waals surface area contributed by atoms with Crippen molar-refractivity contribution in [2.45, 2.75) is 6.10 Å². The summed E-state index contributed by atoms with van der Waals surface area (Å²) < 4.78 is 0. The van der Waals surface area contributed by atoms with Gasteiger partial charge in [0.05, 0.1) is 6.21 Å². The van der Waals surface area contributed by atoms with Gasteiger partial charge < -0.3 is 15.3 Å². The monoisotopic (exact) mass is 286 g/mol. The second-order valence-corrected chi connectivity index (χ2v) is 4.29. The molecule has 6 nitrogen and oxygen atoms in total. The minimum Gasteiger partial charge on any atom is -0.508 e. The number of phenols is 2.